The third-order valence-electron chi connectivity index (χ3n) is 5.75. The maximum Gasteiger partial charge on any atom is 0.222 e. The first-order chi connectivity index (χ1) is 11.7. The lowest BCUT2D eigenvalue weighted by atomic mass is 9.73. The molecule has 24 heavy (non-hydrogen) atoms. The van der Waals surface area contributed by atoms with Gasteiger partial charge in [0.15, 0.2) is 0 Å². The molecule has 0 aromatic heterocycles. The molecule has 1 N–H and O–H groups in total. The van der Waals surface area contributed by atoms with Crippen LogP contribution in [0.5, 0.6) is 0 Å². The molecule has 0 unspecified atom stereocenters. The van der Waals surface area contributed by atoms with Gasteiger partial charge in [-0.1, -0.05) is 31.2 Å². The number of nitrogens with zero attached hydrogens (tertiary/aromatic N) is 2. The average molecular weight is 330 g/mol. The number of likely N-dealkylation sites (tertiary alicyclic amines) is 2. The Balaban J connectivity index is 1.68. The maximum absolute atomic E-state index is 12.1. The van der Waals surface area contributed by atoms with Gasteiger partial charge in [-0.3, -0.25) is 9.69 Å². The second-order valence-corrected chi connectivity index (χ2v) is 7.48. The van der Waals surface area contributed by atoms with E-state index in [-0.39, 0.29) is 17.9 Å². The first-order valence-electron chi connectivity index (χ1n) is 9.33. The van der Waals surface area contributed by atoms with Crippen molar-refractivity contribution in [2.75, 3.05) is 32.8 Å². The zero-order valence-electron chi connectivity index (χ0n) is 14.8. The first-order valence-corrected chi connectivity index (χ1v) is 9.33. The highest BCUT2D eigenvalue weighted by molar-refractivity contribution is 5.77. The molecule has 0 radical (unpaired) electrons. The van der Waals surface area contributed by atoms with E-state index in [2.05, 4.69) is 36.1 Å². The standard InChI is InChI=1S/C20H30N2O2/c1-2-17-6-3-4-7-18(17)14-21-11-5-9-20(15-21)10-8-19(24)22(16-20)12-13-23/h3-4,6-7,23H,2,5,8-16H2,1H3/t20-/m1/s1. The number of hydrogen-bond acceptors (Lipinski definition) is 3. The quantitative estimate of drug-likeness (QED) is 0.902. The molecule has 2 aliphatic rings. The van der Waals surface area contributed by atoms with E-state index in [1.54, 1.807) is 0 Å². The van der Waals surface area contributed by atoms with Crippen molar-refractivity contribution in [3.63, 3.8) is 0 Å². The van der Waals surface area contributed by atoms with Crippen LogP contribution < -0.4 is 0 Å². The molecule has 132 valence electrons. The summed E-state index contributed by atoms with van der Waals surface area (Å²) in [5.74, 6) is 0.211. The molecule has 0 bridgehead atoms. The monoisotopic (exact) mass is 330 g/mol. The van der Waals surface area contributed by atoms with Crippen molar-refractivity contribution in [1.82, 2.24) is 9.80 Å². The highest BCUT2D eigenvalue weighted by Gasteiger charge is 2.41. The predicted octanol–water partition coefficient (Wildman–Crippen LogP) is 2.45. The van der Waals surface area contributed by atoms with E-state index in [4.69, 9.17) is 0 Å². The second kappa shape index (κ2) is 7.66. The molecule has 3 rings (SSSR count). The van der Waals surface area contributed by atoms with Gasteiger partial charge in [-0.15, -0.1) is 0 Å². The number of benzene rings is 1. The highest BCUT2D eigenvalue weighted by Crippen LogP contribution is 2.39. The SMILES string of the molecule is CCc1ccccc1CN1CCC[C@@]2(CCC(=O)N(CCO)C2)C1. The Morgan fingerprint density at radius 1 is 1.17 bits per heavy atom. The molecule has 1 atom stereocenters. The van der Waals surface area contributed by atoms with E-state index in [0.717, 1.165) is 39.0 Å². The number of carbonyl (C=O) groups excluding carboxylic acids is 1. The Bertz CT molecular complexity index is 575. The van der Waals surface area contributed by atoms with Crippen molar-refractivity contribution in [2.24, 2.45) is 5.41 Å². The molecule has 4 heteroatoms. The molecular weight excluding hydrogens is 300 g/mol. The number of rotatable bonds is 5. The van der Waals surface area contributed by atoms with E-state index in [9.17, 15) is 9.90 Å². The molecular formula is C20H30N2O2. The van der Waals surface area contributed by atoms with Gasteiger partial charge in [-0.25, -0.2) is 0 Å². The fourth-order valence-corrected chi connectivity index (χ4v) is 4.50. The van der Waals surface area contributed by atoms with Crippen LogP contribution in [0.3, 0.4) is 0 Å². The highest BCUT2D eigenvalue weighted by atomic mass is 16.3. The minimum atomic E-state index is 0.0649. The number of hydrogen-bond donors (Lipinski definition) is 1. The number of carbonyl (C=O) groups is 1. The van der Waals surface area contributed by atoms with Crippen LogP contribution >= 0.6 is 0 Å². The molecule has 1 amide bonds. The minimum Gasteiger partial charge on any atom is -0.395 e. The van der Waals surface area contributed by atoms with Gasteiger partial charge in [0, 0.05) is 38.0 Å². The number of piperidine rings is 2. The van der Waals surface area contributed by atoms with Crippen LogP contribution in [-0.2, 0) is 17.8 Å². The maximum atomic E-state index is 12.1. The number of aliphatic hydroxyl groups excluding tert-OH is 1. The fraction of sp³-hybridized carbons (Fsp3) is 0.650. The summed E-state index contributed by atoms with van der Waals surface area (Å²) in [6.07, 6.45) is 5.12. The van der Waals surface area contributed by atoms with Gasteiger partial charge in [-0.2, -0.15) is 0 Å². The van der Waals surface area contributed by atoms with Gasteiger partial charge in [0.2, 0.25) is 5.91 Å². The molecule has 1 aromatic rings. The van der Waals surface area contributed by atoms with E-state index < -0.39 is 0 Å². The zero-order valence-corrected chi connectivity index (χ0v) is 14.8. The fourth-order valence-electron chi connectivity index (χ4n) is 4.50. The smallest absolute Gasteiger partial charge is 0.222 e. The summed E-state index contributed by atoms with van der Waals surface area (Å²) in [7, 11) is 0. The van der Waals surface area contributed by atoms with Crippen molar-refractivity contribution < 1.29 is 9.90 Å². The Labute approximate surface area is 145 Å². The summed E-state index contributed by atoms with van der Waals surface area (Å²) >= 11 is 0. The number of aliphatic hydroxyl groups is 1. The van der Waals surface area contributed by atoms with Crippen LogP contribution in [0.2, 0.25) is 0 Å². The summed E-state index contributed by atoms with van der Waals surface area (Å²) in [4.78, 5) is 16.5. The van der Waals surface area contributed by atoms with Crippen LogP contribution in [0.15, 0.2) is 24.3 Å². The van der Waals surface area contributed by atoms with Gasteiger partial charge < -0.3 is 10.0 Å². The summed E-state index contributed by atoms with van der Waals surface area (Å²) in [6.45, 7) is 6.82. The topological polar surface area (TPSA) is 43.8 Å². The van der Waals surface area contributed by atoms with Crippen LogP contribution in [-0.4, -0.2) is 53.6 Å². The van der Waals surface area contributed by atoms with Gasteiger partial charge >= 0.3 is 0 Å². The van der Waals surface area contributed by atoms with E-state index >= 15 is 0 Å². The average Bonchev–Trinajstić information content (AvgIpc) is 2.59. The molecule has 0 aliphatic carbocycles. The molecule has 2 heterocycles. The number of amides is 1. The molecule has 2 fully saturated rings. The van der Waals surface area contributed by atoms with Crippen molar-refractivity contribution in [2.45, 2.75) is 45.6 Å². The number of aryl methyl sites for hydroxylation is 1. The third-order valence-corrected chi connectivity index (χ3v) is 5.75. The predicted molar refractivity (Wildman–Crippen MR) is 95.7 cm³/mol. The van der Waals surface area contributed by atoms with Crippen LogP contribution in [0, 0.1) is 5.41 Å². The minimum absolute atomic E-state index is 0.0649. The summed E-state index contributed by atoms with van der Waals surface area (Å²) < 4.78 is 0. The zero-order chi connectivity index (χ0) is 17.0. The van der Waals surface area contributed by atoms with Gasteiger partial charge in [0.1, 0.15) is 0 Å². The van der Waals surface area contributed by atoms with Crippen molar-refractivity contribution in [1.29, 1.82) is 0 Å². The lowest BCUT2D eigenvalue weighted by Gasteiger charge is -2.48. The van der Waals surface area contributed by atoms with Crippen molar-refractivity contribution in [3.05, 3.63) is 35.4 Å². The van der Waals surface area contributed by atoms with Crippen molar-refractivity contribution in [3.8, 4) is 0 Å². The van der Waals surface area contributed by atoms with E-state index in [0.29, 0.717) is 13.0 Å². The van der Waals surface area contributed by atoms with Crippen LogP contribution in [0.4, 0.5) is 0 Å². The molecule has 2 aliphatic heterocycles. The lowest BCUT2D eigenvalue weighted by molar-refractivity contribution is -0.140. The number of β-amino-alcohol motifs (C(OH)–C–C–N with tert-alkyl or cyclic N) is 1. The van der Waals surface area contributed by atoms with Crippen LogP contribution in [0.1, 0.15) is 43.7 Å². The van der Waals surface area contributed by atoms with Gasteiger partial charge in [-0.05, 0) is 43.4 Å². The molecule has 2 saturated heterocycles. The summed E-state index contributed by atoms with van der Waals surface area (Å²) in [5.41, 5.74) is 3.11. The van der Waals surface area contributed by atoms with E-state index in [1.807, 2.05) is 4.90 Å². The summed E-state index contributed by atoms with van der Waals surface area (Å²) in [5, 5.41) is 9.22. The van der Waals surface area contributed by atoms with Gasteiger partial charge in [0.25, 0.3) is 0 Å². The molecule has 4 nitrogen and oxygen atoms in total. The second-order valence-electron chi connectivity index (χ2n) is 7.48. The van der Waals surface area contributed by atoms with Crippen LogP contribution in [0.25, 0.3) is 0 Å². The van der Waals surface area contributed by atoms with Crippen molar-refractivity contribution >= 4 is 5.91 Å². The van der Waals surface area contributed by atoms with E-state index in [1.165, 1.54) is 24.0 Å². The largest absolute Gasteiger partial charge is 0.395 e. The normalized spacial score (nSPS) is 25.4. The summed E-state index contributed by atoms with van der Waals surface area (Å²) in [6, 6.07) is 8.75. The molecule has 0 saturated carbocycles. The lowest BCUT2D eigenvalue weighted by Crippen LogP contribution is -2.54. The Morgan fingerprint density at radius 3 is 2.71 bits per heavy atom. The first kappa shape index (κ1) is 17.4. The molecule has 1 spiro atoms. The Morgan fingerprint density at radius 2 is 1.96 bits per heavy atom. The third kappa shape index (κ3) is 3.81. The Kier molecular flexibility index (Phi) is 5.57. The molecule has 1 aromatic carbocycles. The van der Waals surface area contributed by atoms with Gasteiger partial charge in [0.05, 0.1) is 6.61 Å². The Hall–Kier alpha value is -1.39.